The Balaban J connectivity index is 1.10. The van der Waals surface area contributed by atoms with Gasteiger partial charge in [0.1, 0.15) is 0 Å². The van der Waals surface area contributed by atoms with Crippen molar-refractivity contribution in [1.29, 1.82) is 0 Å². The third-order valence-corrected chi connectivity index (χ3v) is 10.4. The Morgan fingerprint density at radius 1 is 0.429 bits per heavy atom. The maximum atomic E-state index is 3.77. The van der Waals surface area contributed by atoms with Crippen LogP contribution in [0.15, 0.2) is 24.3 Å². The van der Waals surface area contributed by atoms with Crippen molar-refractivity contribution in [3.63, 3.8) is 0 Å². The van der Waals surface area contributed by atoms with E-state index in [1.807, 2.05) is 0 Å². The maximum absolute atomic E-state index is 3.77. The number of rotatable bonds is 4. The molecule has 2 atom stereocenters. The van der Waals surface area contributed by atoms with E-state index in [-0.39, 0.29) is 0 Å². The van der Waals surface area contributed by atoms with Crippen LogP contribution in [0.5, 0.6) is 0 Å². The van der Waals surface area contributed by atoms with Crippen LogP contribution in [0.1, 0.15) is 68.9 Å². The molecule has 0 aliphatic carbocycles. The van der Waals surface area contributed by atoms with E-state index >= 15 is 0 Å². The van der Waals surface area contributed by atoms with Crippen molar-refractivity contribution in [1.82, 2.24) is 35.1 Å². The minimum Gasteiger partial charge on any atom is -0.315 e. The van der Waals surface area contributed by atoms with Crippen LogP contribution in [-0.2, 0) is 13.1 Å². The predicted octanol–water partition coefficient (Wildman–Crippen LogP) is 3.56. The van der Waals surface area contributed by atoms with Gasteiger partial charge in [-0.3, -0.25) is 9.80 Å². The summed E-state index contributed by atoms with van der Waals surface area (Å²) < 4.78 is 0. The van der Waals surface area contributed by atoms with E-state index in [4.69, 9.17) is 0 Å². The fraction of sp³-hybridized carbons (Fsp3) is 0.829. The quantitative estimate of drug-likeness (QED) is 0.564. The second-order valence-corrected chi connectivity index (χ2v) is 13.7. The average Bonchev–Trinajstić information content (AvgIpc) is 2.99. The maximum Gasteiger partial charge on any atom is 0.0234 e. The van der Waals surface area contributed by atoms with Crippen LogP contribution in [0.25, 0.3) is 0 Å². The van der Waals surface area contributed by atoms with Crippen LogP contribution in [0.4, 0.5) is 0 Å². The molecule has 0 aromatic heterocycles. The third kappa shape index (κ3) is 11.8. The van der Waals surface area contributed by atoms with Crippen molar-refractivity contribution in [3.05, 3.63) is 35.4 Å². The smallest absolute Gasteiger partial charge is 0.0234 e. The molecule has 42 heavy (non-hydrogen) atoms. The molecule has 6 rings (SSSR count). The molecule has 0 radical (unpaired) electrons. The number of hydrogen-bond donors (Lipinski definition) is 2. The van der Waals surface area contributed by atoms with Crippen LogP contribution in [0.3, 0.4) is 0 Å². The average molecular weight is 582 g/mol. The summed E-state index contributed by atoms with van der Waals surface area (Å²) in [5.41, 5.74) is 2.93. The zero-order valence-electron chi connectivity index (χ0n) is 26.9. The van der Waals surface area contributed by atoms with Gasteiger partial charge in [0.25, 0.3) is 0 Å². The topological polar surface area (TPSA) is 40.3 Å². The molecule has 5 saturated heterocycles. The highest BCUT2D eigenvalue weighted by Crippen LogP contribution is 2.22. The Labute approximate surface area is 258 Å². The van der Waals surface area contributed by atoms with Crippen molar-refractivity contribution in [2.45, 2.75) is 70.9 Å². The molecule has 0 spiro atoms. The highest BCUT2D eigenvalue weighted by atomic mass is 15.3. The molecule has 7 heteroatoms. The lowest BCUT2D eigenvalue weighted by molar-refractivity contribution is 0.123. The van der Waals surface area contributed by atoms with E-state index in [1.54, 1.807) is 0 Å². The Kier molecular flexibility index (Phi) is 14.4. The third-order valence-electron chi connectivity index (χ3n) is 10.4. The van der Waals surface area contributed by atoms with Crippen molar-refractivity contribution >= 4 is 0 Å². The minimum atomic E-state index is 0.960. The number of piperazine rings is 1. The number of nitrogens with zero attached hydrogens (tertiary/aromatic N) is 5. The van der Waals surface area contributed by atoms with Crippen LogP contribution in [0, 0.1) is 5.92 Å². The molecule has 7 nitrogen and oxygen atoms in total. The molecule has 5 fully saturated rings. The molecular formula is C35H63N7. The first kappa shape index (κ1) is 32.3. The predicted molar refractivity (Wildman–Crippen MR) is 177 cm³/mol. The Hall–Kier alpha value is -1.06. The van der Waals surface area contributed by atoms with Gasteiger partial charge < -0.3 is 25.3 Å². The van der Waals surface area contributed by atoms with E-state index in [1.165, 1.54) is 147 Å². The van der Waals surface area contributed by atoms with Crippen molar-refractivity contribution in [3.8, 4) is 0 Å². The number of benzene rings is 1. The fourth-order valence-electron chi connectivity index (χ4n) is 7.65. The lowest BCUT2D eigenvalue weighted by Crippen LogP contribution is -2.47. The lowest BCUT2D eigenvalue weighted by atomic mass is 9.91. The second kappa shape index (κ2) is 18.7. The first-order valence-electron chi connectivity index (χ1n) is 17.9. The first-order valence-corrected chi connectivity index (χ1v) is 17.9. The molecule has 5 heterocycles. The van der Waals surface area contributed by atoms with E-state index in [0.29, 0.717) is 0 Å². The molecule has 2 N–H and O–H groups in total. The lowest BCUT2D eigenvalue weighted by Gasteiger charge is -2.35. The summed E-state index contributed by atoms with van der Waals surface area (Å²) in [6.07, 6.45) is 12.3. The van der Waals surface area contributed by atoms with Gasteiger partial charge in [0.2, 0.25) is 0 Å². The zero-order chi connectivity index (χ0) is 28.7. The highest BCUT2D eigenvalue weighted by molar-refractivity contribution is 5.22. The van der Waals surface area contributed by atoms with Crippen molar-refractivity contribution in [2.75, 3.05) is 111 Å². The van der Waals surface area contributed by atoms with Gasteiger partial charge in [-0.1, -0.05) is 37.1 Å². The summed E-state index contributed by atoms with van der Waals surface area (Å²) in [5, 5.41) is 7.49. The second-order valence-electron chi connectivity index (χ2n) is 13.7. The Morgan fingerprint density at radius 3 is 1.55 bits per heavy atom. The first-order chi connectivity index (χ1) is 20.8. The number of fused-ring (bicyclic) bond motifs is 14. The van der Waals surface area contributed by atoms with E-state index in [0.717, 1.165) is 51.7 Å². The Bertz CT molecular complexity index is 837. The van der Waals surface area contributed by atoms with Gasteiger partial charge in [-0.15, -0.1) is 0 Å². The summed E-state index contributed by atoms with van der Waals surface area (Å²) in [7, 11) is 0. The molecule has 5 aliphatic heterocycles. The van der Waals surface area contributed by atoms with E-state index in [9.17, 15) is 0 Å². The molecule has 0 saturated carbocycles. The molecule has 238 valence electrons. The molecule has 1 aromatic carbocycles. The number of nitrogens with one attached hydrogen (secondary N) is 2. The molecule has 4 bridgehead atoms. The van der Waals surface area contributed by atoms with Gasteiger partial charge in [-0.05, 0) is 121 Å². The minimum absolute atomic E-state index is 0.960. The molecule has 0 amide bonds. The molecular weight excluding hydrogens is 518 g/mol. The van der Waals surface area contributed by atoms with Gasteiger partial charge >= 0.3 is 0 Å². The van der Waals surface area contributed by atoms with Gasteiger partial charge in [-0.25, -0.2) is 0 Å². The summed E-state index contributed by atoms with van der Waals surface area (Å²) >= 11 is 0. The molecule has 5 aliphatic rings. The van der Waals surface area contributed by atoms with Crippen LogP contribution < -0.4 is 10.6 Å². The van der Waals surface area contributed by atoms with Crippen molar-refractivity contribution in [2.24, 2.45) is 5.92 Å². The van der Waals surface area contributed by atoms with Crippen LogP contribution >= 0.6 is 0 Å². The normalized spacial score (nSPS) is 31.0. The standard InChI is InChI=1S/C35H63N7/c1-2-18-38-20-5-22-41(25-16-36-14-3-8-33(7-1)13-24-38)31-34-9-11-35(12-10-34)32-42-23-6-21-40-29-27-39(28-30-40)19-4-15-37-17-26-42/h9-12,33,36-37H,1-8,13-32H2. The van der Waals surface area contributed by atoms with Gasteiger partial charge in [0, 0.05) is 65.4 Å². The van der Waals surface area contributed by atoms with Gasteiger partial charge in [0.15, 0.2) is 0 Å². The SMILES string of the molecule is c1cc(CN2CCCN3CCN(CCCNCC2)CC3)ccc1CN1CCCN2CCCCC(CCCNCC1)CC2. The summed E-state index contributed by atoms with van der Waals surface area (Å²) in [6.45, 7) is 22.8. The summed E-state index contributed by atoms with van der Waals surface area (Å²) in [4.78, 5) is 13.5. The van der Waals surface area contributed by atoms with Gasteiger partial charge in [0.05, 0.1) is 0 Å². The largest absolute Gasteiger partial charge is 0.315 e. The fourth-order valence-corrected chi connectivity index (χ4v) is 7.65. The molecule has 1 aromatic rings. The highest BCUT2D eigenvalue weighted by Gasteiger charge is 2.18. The van der Waals surface area contributed by atoms with Gasteiger partial charge in [-0.2, -0.15) is 0 Å². The monoisotopic (exact) mass is 582 g/mol. The number of hydrogen-bond acceptors (Lipinski definition) is 7. The van der Waals surface area contributed by atoms with Crippen LogP contribution in [0.2, 0.25) is 0 Å². The molecule has 2 unspecified atom stereocenters. The summed E-state index contributed by atoms with van der Waals surface area (Å²) in [5.74, 6) is 0.960. The van der Waals surface area contributed by atoms with E-state index in [2.05, 4.69) is 59.4 Å². The van der Waals surface area contributed by atoms with E-state index < -0.39 is 0 Å². The van der Waals surface area contributed by atoms with Crippen LogP contribution in [-0.4, -0.2) is 136 Å². The Morgan fingerprint density at radius 2 is 0.929 bits per heavy atom. The zero-order valence-corrected chi connectivity index (χ0v) is 26.9. The van der Waals surface area contributed by atoms with Crippen molar-refractivity contribution < 1.29 is 0 Å². The summed E-state index contributed by atoms with van der Waals surface area (Å²) in [6, 6.07) is 9.64.